The van der Waals surface area contributed by atoms with Crippen LogP contribution in [0.2, 0.25) is 0 Å². The van der Waals surface area contributed by atoms with Crippen molar-refractivity contribution in [1.29, 1.82) is 0 Å². The highest BCUT2D eigenvalue weighted by Crippen LogP contribution is 2.16. The van der Waals surface area contributed by atoms with Crippen LogP contribution in [0.4, 0.5) is 11.4 Å². The molecule has 0 unspecified atom stereocenters. The molecule has 0 aromatic heterocycles. The molecule has 0 aliphatic rings. The standard InChI is InChI=1S/C16H16N2O3/c1-11(19)18-15-4-2-3-14(9-15)17-10-12-5-7-13(8-6-12)16(20)21/h2-9,17H,10H2,1H3,(H,18,19)(H,20,21). The first kappa shape index (κ1) is 14.6. The van der Waals surface area contributed by atoms with Crippen LogP contribution in [0.25, 0.3) is 0 Å². The van der Waals surface area contributed by atoms with Gasteiger partial charge < -0.3 is 15.7 Å². The molecule has 0 atom stereocenters. The molecule has 0 saturated heterocycles. The molecule has 1 amide bonds. The average molecular weight is 284 g/mol. The van der Waals surface area contributed by atoms with E-state index in [0.29, 0.717) is 6.54 Å². The van der Waals surface area contributed by atoms with Gasteiger partial charge in [-0.1, -0.05) is 18.2 Å². The van der Waals surface area contributed by atoms with Crippen molar-refractivity contribution in [2.75, 3.05) is 10.6 Å². The van der Waals surface area contributed by atoms with E-state index in [1.807, 2.05) is 24.3 Å². The molecule has 2 aromatic carbocycles. The smallest absolute Gasteiger partial charge is 0.335 e. The van der Waals surface area contributed by atoms with Gasteiger partial charge in [-0.3, -0.25) is 4.79 Å². The van der Waals surface area contributed by atoms with Crippen LogP contribution in [-0.4, -0.2) is 17.0 Å². The number of carboxylic acids is 1. The van der Waals surface area contributed by atoms with Crippen LogP contribution < -0.4 is 10.6 Å². The van der Waals surface area contributed by atoms with Crippen molar-refractivity contribution in [2.45, 2.75) is 13.5 Å². The Morgan fingerprint density at radius 1 is 1.05 bits per heavy atom. The molecule has 5 heteroatoms. The number of carboxylic acid groups (broad SMARTS) is 1. The number of benzene rings is 2. The van der Waals surface area contributed by atoms with Crippen molar-refractivity contribution in [3.05, 3.63) is 59.7 Å². The number of anilines is 2. The summed E-state index contributed by atoms with van der Waals surface area (Å²) in [6.45, 7) is 2.04. The van der Waals surface area contributed by atoms with Gasteiger partial charge in [-0.05, 0) is 35.9 Å². The maximum atomic E-state index is 11.0. The second kappa shape index (κ2) is 6.56. The minimum Gasteiger partial charge on any atom is -0.478 e. The maximum absolute atomic E-state index is 11.0. The van der Waals surface area contributed by atoms with Crippen molar-refractivity contribution in [3.8, 4) is 0 Å². The number of hydrogen-bond acceptors (Lipinski definition) is 3. The van der Waals surface area contributed by atoms with E-state index in [2.05, 4.69) is 10.6 Å². The number of nitrogens with one attached hydrogen (secondary N) is 2. The summed E-state index contributed by atoms with van der Waals surface area (Å²) < 4.78 is 0. The van der Waals surface area contributed by atoms with Gasteiger partial charge in [-0.25, -0.2) is 4.79 Å². The molecule has 0 spiro atoms. The van der Waals surface area contributed by atoms with Gasteiger partial charge in [0.15, 0.2) is 0 Å². The summed E-state index contributed by atoms with van der Waals surface area (Å²) >= 11 is 0. The Morgan fingerprint density at radius 2 is 1.71 bits per heavy atom. The predicted octanol–water partition coefficient (Wildman–Crippen LogP) is 2.96. The highest BCUT2D eigenvalue weighted by molar-refractivity contribution is 5.89. The number of carbonyl (C=O) groups is 2. The summed E-state index contributed by atoms with van der Waals surface area (Å²) in [6, 6.07) is 14.1. The fourth-order valence-corrected chi connectivity index (χ4v) is 1.88. The van der Waals surface area contributed by atoms with Gasteiger partial charge in [0, 0.05) is 24.8 Å². The summed E-state index contributed by atoms with van der Waals surface area (Å²) in [5, 5.41) is 14.8. The first-order chi connectivity index (χ1) is 10.0. The topological polar surface area (TPSA) is 78.4 Å². The Labute approximate surface area is 122 Å². The molecule has 2 aromatic rings. The van der Waals surface area contributed by atoms with Crippen LogP contribution in [0.3, 0.4) is 0 Å². The Hall–Kier alpha value is -2.82. The minimum absolute atomic E-state index is 0.114. The summed E-state index contributed by atoms with van der Waals surface area (Å²) in [4.78, 5) is 21.8. The number of amides is 1. The van der Waals surface area contributed by atoms with Gasteiger partial charge in [-0.2, -0.15) is 0 Å². The van der Waals surface area contributed by atoms with Crippen LogP contribution in [-0.2, 0) is 11.3 Å². The zero-order valence-corrected chi connectivity index (χ0v) is 11.6. The fraction of sp³-hybridized carbons (Fsp3) is 0.125. The molecular weight excluding hydrogens is 268 g/mol. The van der Waals surface area contributed by atoms with Crippen molar-refractivity contribution >= 4 is 23.3 Å². The second-order valence-corrected chi connectivity index (χ2v) is 4.62. The molecule has 0 heterocycles. The van der Waals surface area contributed by atoms with Crippen LogP contribution >= 0.6 is 0 Å². The molecule has 21 heavy (non-hydrogen) atoms. The predicted molar refractivity (Wildman–Crippen MR) is 81.5 cm³/mol. The summed E-state index contributed by atoms with van der Waals surface area (Å²) in [6.07, 6.45) is 0. The monoisotopic (exact) mass is 284 g/mol. The molecule has 2 rings (SSSR count). The molecule has 3 N–H and O–H groups in total. The van der Waals surface area contributed by atoms with Crippen LogP contribution in [0.5, 0.6) is 0 Å². The lowest BCUT2D eigenvalue weighted by atomic mass is 10.1. The Balaban J connectivity index is 1.99. The van der Waals surface area contributed by atoms with Crippen molar-refractivity contribution in [1.82, 2.24) is 0 Å². The molecular formula is C16H16N2O3. The molecule has 0 bridgehead atoms. The Kier molecular flexibility index (Phi) is 4.56. The molecule has 0 saturated carbocycles. The highest BCUT2D eigenvalue weighted by Gasteiger charge is 2.02. The maximum Gasteiger partial charge on any atom is 0.335 e. The SMILES string of the molecule is CC(=O)Nc1cccc(NCc2ccc(C(=O)O)cc2)c1. The lowest BCUT2D eigenvalue weighted by molar-refractivity contribution is -0.114. The van der Waals surface area contributed by atoms with Crippen molar-refractivity contribution < 1.29 is 14.7 Å². The van der Waals surface area contributed by atoms with Gasteiger partial charge in [0.1, 0.15) is 0 Å². The van der Waals surface area contributed by atoms with Crippen LogP contribution in [0, 0.1) is 0 Å². The third kappa shape index (κ3) is 4.35. The lowest BCUT2D eigenvalue weighted by Gasteiger charge is -2.09. The van der Waals surface area contributed by atoms with Crippen LogP contribution in [0.1, 0.15) is 22.8 Å². The zero-order valence-electron chi connectivity index (χ0n) is 11.6. The Morgan fingerprint density at radius 3 is 2.33 bits per heavy atom. The molecule has 0 radical (unpaired) electrons. The van der Waals surface area contributed by atoms with E-state index in [9.17, 15) is 9.59 Å². The van der Waals surface area contributed by atoms with E-state index in [1.165, 1.54) is 6.92 Å². The number of hydrogen-bond donors (Lipinski definition) is 3. The molecule has 0 fully saturated rings. The quantitative estimate of drug-likeness (QED) is 0.788. The fourth-order valence-electron chi connectivity index (χ4n) is 1.88. The minimum atomic E-state index is -0.933. The highest BCUT2D eigenvalue weighted by atomic mass is 16.4. The Bertz CT molecular complexity index is 651. The van der Waals surface area contributed by atoms with Crippen LogP contribution in [0.15, 0.2) is 48.5 Å². The van der Waals surface area contributed by atoms with E-state index < -0.39 is 5.97 Å². The van der Waals surface area contributed by atoms with E-state index in [1.54, 1.807) is 24.3 Å². The normalized spacial score (nSPS) is 9.95. The van der Waals surface area contributed by atoms with Gasteiger partial charge in [0.2, 0.25) is 5.91 Å². The lowest BCUT2D eigenvalue weighted by Crippen LogP contribution is -2.06. The molecule has 0 aliphatic carbocycles. The second-order valence-electron chi connectivity index (χ2n) is 4.62. The number of rotatable bonds is 5. The first-order valence-corrected chi connectivity index (χ1v) is 6.48. The first-order valence-electron chi connectivity index (χ1n) is 6.48. The van der Waals surface area contributed by atoms with Crippen molar-refractivity contribution in [2.24, 2.45) is 0 Å². The molecule has 5 nitrogen and oxygen atoms in total. The summed E-state index contributed by atoms with van der Waals surface area (Å²) in [7, 11) is 0. The largest absolute Gasteiger partial charge is 0.478 e. The van der Waals surface area contributed by atoms with Gasteiger partial charge in [-0.15, -0.1) is 0 Å². The number of aromatic carboxylic acids is 1. The van der Waals surface area contributed by atoms with Crippen molar-refractivity contribution in [3.63, 3.8) is 0 Å². The molecule has 0 aliphatic heterocycles. The van der Waals surface area contributed by atoms with Gasteiger partial charge in [0.25, 0.3) is 0 Å². The summed E-state index contributed by atoms with van der Waals surface area (Å²) in [5.41, 5.74) is 2.86. The zero-order chi connectivity index (χ0) is 15.2. The van der Waals surface area contributed by atoms with Gasteiger partial charge in [0.05, 0.1) is 5.56 Å². The third-order valence-corrected chi connectivity index (χ3v) is 2.88. The average Bonchev–Trinajstić information content (AvgIpc) is 2.45. The third-order valence-electron chi connectivity index (χ3n) is 2.88. The molecule has 108 valence electrons. The number of carbonyl (C=O) groups excluding carboxylic acids is 1. The summed E-state index contributed by atoms with van der Waals surface area (Å²) in [5.74, 6) is -1.05. The van der Waals surface area contributed by atoms with E-state index in [-0.39, 0.29) is 11.5 Å². The van der Waals surface area contributed by atoms with E-state index in [0.717, 1.165) is 16.9 Å². The van der Waals surface area contributed by atoms with E-state index in [4.69, 9.17) is 5.11 Å². The van der Waals surface area contributed by atoms with Gasteiger partial charge >= 0.3 is 5.97 Å². The van der Waals surface area contributed by atoms with E-state index >= 15 is 0 Å².